The Morgan fingerprint density at radius 1 is 1.33 bits per heavy atom. The Labute approximate surface area is 172 Å². The SMILES string of the molecule is Cc1ccc(Cl)cc1NC(=S)N(Cc1ccco1)C1CC[NH+](C(C)C)CC1. The second-order valence-corrected chi connectivity index (χ2v) is 8.46. The van der Waals surface area contributed by atoms with Crippen molar-refractivity contribution in [2.45, 2.75) is 52.2 Å². The Morgan fingerprint density at radius 3 is 2.70 bits per heavy atom. The summed E-state index contributed by atoms with van der Waals surface area (Å²) in [4.78, 5) is 3.96. The quantitative estimate of drug-likeness (QED) is 0.738. The van der Waals surface area contributed by atoms with Crippen LogP contribution in [-0.2, 0) is 6.54 Å². The molecule has 1 aromatic heterocycles. The minimum atomic E-state index is 0.414. The summed E-state index contributed by atoms with van der Waals surface area (Å²) < 4.78 is 5.60. The highest BCUT2D eigenvalue weighted by molar-refractivity contribution is 7.80. The van der Waals surface area contributed by atoms with E-state index >= 15 is 0 Å². The van der Waals surface area contributed by atoms with Gasteiger partial charge in [-0.2, -0.15) is 0 Å². The monoisotopic (exact) mass is 406 g/mol. The number of quaternary nitrogens is 1. The van der Waals surface area contributed by atoms with E-state index in [2.05, 4.69) is 31.0 Å². The van der Waals surface area contributed by atoms with Gasteiger partial charge in [0.1, 0.15) is 5.76 Å². The molecule has 0 aliphatic carbocycles. The second-order valence-electron chi connectivity index (χ2n) is 7.64. The van der Waals surface area contributed by atoms with Crippen molar-refractivity contribution in [3.8, 4) is 0 Å². The maximum absolute atomic E-state index is 6.17. The Bertz CT molecular complexity index is 755. The minimum absolute atomic E-state index is 0.414. The Kier molecular flexibility index (Phi) is 6.79. The van der Waals surface area contributed by atoms with Gasteiger partial charge >= 0.3 is 0 Å². The lowest BCUT2D eigenvalue weighted by atomic mass is 10.0. The highest BCUT2D eigenvalue weighted by atomic mass is 35.5. The summed E-state index contributed by atoms with van der Waals surface area (Å²) in [7, 11) is 0. The molecule has 27 heavy (non-hydrogen) atoms. The van der Waals surface area contributed by atoms with Gasteiger partial charge in [-0.15, -0.1) is 0 Å². The first-order chi connectivity index (χ1) is 12.9. The zero-order chi connectivity index (χ0) is 19.4. The van der Waals surface area contributed by atoms with Crippen molar-refractivity contribution < 1.29 is 9.32 Å². The molecule has 0 spiro atoms. The summed E-state index contributed by atoms with van der Waals surface area (Å²) in [5.74, 6) is 0.931. The number of likely N-dealkylation sites (tertiary alicyclic amines) is 1. The van der Waals surface area contributed by atoms with E-state index in [1.54, 1.807) is 11.2 Å². The van der Waals surface area contributed by atoms with E-state index in [1.165, 1.54) is 13.1 Å². The predicted octanol–water partition coefficient (Wildman–Crippen LogP) is 3.90. The lowest BCUT2D eigenvalue weighted by Gasteiger charge is -2.39. The van der Waals surface area contributed by atoms with Crippen LogP contribution in [0.1, 0.15) is 38.0 Å². The molecule has 1 aliphatic heterocycles. The summed E-state index contributed by atoms with van der Waals surface area (Å²) in [6.07, 6.45) is 3.98. The maximum atomic E-state index is 6.17. The maximum Gasteiger partial charge on any atom is 0.174 e. The Hall–Kier alpha value is -1.56. The summed E-state index contributed by atoms with van der Waals surface area (Å²) in [6, 6.07) is 10.9. The van der Waals surface area contributed by atoms with Crippen molar-refractivity contribution in [1.82, 2.24) is 4.90 Å². The number of thiocarbonyl (C=S) groups is 1. The molecule has 0 amide bonds. The number of halogens is 1. The average molecular weight is 407 g/mol. The number of rotatable bonds is 5. The topological polar surface area (TPSA) is 32.9 Å². The van der Waals surface area contributed by atoms with Crippen molar-refractivity contribution in [2.24, 2.45) is 0 Å². The number of nitrogens with one attached hydrogen (secondary N) is 2. The highest BCUT2D eigenvalue weighted by Gasteiger charge is 2.30. The second kappa shape index (κ2) is 9.09. The standard InChI is InChI=1S/C21H28ClN3OS/c1-15(2)24-10-8-18(9-11-24)25(14-19-5-4-12-26-19)21(27)23-20-13-17(22)7-6-16(20)3/h4-7,12-13,15,18H,8-11,14H2,1-3H3,(H,23,27)/p+1. The normalized spacial score (nSPS) is 19.9. The van der Waals surface area contributed by atoms with Crippen LogP contribution < -0.4 is 10.2 Å². The van der Waals surface area contributed by atoms with E-state index in [0.717, 1.165) is 35.0 Å². The van der Waals surface area contributed by atoms with Crippen LogP contribution in [0.2, 0.25) is 5.02 Å². The van der Waals surface area contributed by atoms with Crippen molar-refractivity contribution >= 4 is 34.6 Å². The fraction of sp³-hybridized carbons (Fsp3) is 0.476. The zero-order valence-corrected chi connectivity index (χ0v) is 17.9. The summed E-state index contributed by atoms with van der Waals surface area (Å²) in [5.41, 5.74) is 2.08. The lowest BCUT2D eigenvalue weighted by Crippen LogP contribution is -3.16. The number of aryl methyl sites for hydroxylation is 1. The molecule has 0 radical (unpaired) electrons. The van der Waals surface area contributed by atoms with Crippen molar-refractivity contribution in [1.29, 1.82) is 0 Å². The van der Waals surface area contributed by atoms with Gasteiger partial charge in [-0.05, 0) is 62.8 Å². The van der Waals surface area contributed by atoms with Crippen molar-refractivity contribution in [3.63, 3.8) is 0 Å². The first-order valence-electron chi connectivity index (χ1n) is 9.64. The predicted molar refractivity (Wildman–Crippen MR) is 116 cm³/mol. The molecule has 1 saturated heterocycles. The zero-order valence-electron chi connectivity index (χ0n) is 16.3. The van der Waals surface area contributed by atoms with Crippen LogP contribution in [0.15, 0.2) is 41.0 Å². The molecule has 1 aliphatic rings. The summed E-state index contributed by atoms with van der Waals surface area (Å²) >= 11 is 12.0. The molecule has 1 fully saturated rings. The molecule has 3 rings (SSSR count). The average Bonchev–Trinajstić information content (AvgIpc) is 3.16. The third kappa shape index (κ3) is 5.24. The molecule has 6 heteroatoms. The summed E-state index contributed by atoms with van der Waals surface area (Å²) in [6.45, 7) is 9.68. The van der Waals surface area contributed by atoms with Crippen LogP contribution >= 0.6 is 23.8 Å². The van der Waals surface area contributed by atoms with Crippen molar-refractivity contribution in [3.05, 3.63) is 52.9 Å². The van der Waals surface area contributed by atoms with Gasteiger partial charge in [0.2, 0.25) is 0 Å². The van der Waals surface area contributed by atoms with E-state index in [4.69, 9.17) is 28.2 Å². The molecular weight excluding hydrogens is 378 g/mol. The molecule has 0 unspecified atom stereocenters. The van der Waals surface area contributed by atoms with Gasteiger partial charge in [0.25, 0.3) is 0 Å². The molecule has 0 bridgehead atoms. The molecule has 0 saturated carbocycles. The molecule has 1 aromatic carbocycles. The molecule has 4 nitrogen and oxygen atoms in total. The van der Waals surface area contributed by atoms with E-state index in [0.29, 0.717) is 23.7 Å². The molecule has 0 atom stereocenters. The largest absolute Gasteiger partial charge is 0.467 e. The number of anilines is 1. The van der Waals surface area contributed by atoms with Crippen LogP contribution in [0.4, 0.5) is 5.69 Å². The first kappa shape index (κ1) is 20.2. The van der Waals surface area contributed by atoms with Gasteiger partial charge in [-0.1, -0.05) is 17.7 Å². The first-order valence-corrected chi connectivity index (χ1v) is 10.4. The van der Waals surface area contributed by atoms with Gasteiger partial charge < -0.3 is 19.5 Å². The summed E-state index contributed by atoms with van der Waals surface area (Å²) in [5, 5.41) is 4.86. The number of hydrogen-bond donors (Lipinski definition) is 2. The molecule has 2 heterocycles. The van der Waals surface area contributed by atoms with E-state index in [9.17, 15) is 0 Å². The Balaban J connectivity index is 1.75. The van der Waals surface area contributed by atoms with Crippen LogP contribution in [0.3, 0.4) is 0 Å². The van der Waals surface area contributed by atoms with Gasteiger partial charge in [0.05, 0.1) is 31.9 Å². The number of piperidine rings is 1. The van der Waals surface area contributed by atoms with Gasteiger partial charge in [0.15, 0.2) is 5.11 Å². The number of furan rings is 1. The van der Waals surface area contributed by atoms with Crippen LogP contribution in [0.5, 0.6) is 0 Å². The fourth-order valence-corrected chi connectivity index (χ4v) is 4.21. The fourth-order valence-electron chi connectivity index (χ4n) is 3.72. The molecule has 146 valence electrons. The molecule has 2 N–H and O–H groups in total. The smallest absolute Gasteiger partial charge is 0.174 e. The van der Waals surface area contributed by atoms with Gasteiger partial charge in [0, 0.05) is 29.6 Å². The third-order valence-corrected chi connectivity index (χ3v) is 6.03. The van der Waals surface area contributed by atoms with Crippen LogP contribution in [0, 0.1) is 6.92 Å². The number of benzene rings is 1. The third-order valence-electron chi connectivity index (χ3n) is 5.46. The number of hydrogen-bond acceptors (Lipinski definition) is 2. The van der Waals surface area contributed by atoms with Crippen molar-refractivity contribution in [2.75, 3.05) is 18.4 Å². The minimum Gasteiger partial charge on any atom is -0.467 e. The lowest BCUT2D eigenvalue weighted by molar-refractivity contribution is -0.926. The highest BCUT2D eigenvalue weighted by Crippen LogP contribution is 2.23. The van der Waals surface area contributed by atoms with Gasteiger partial charge in [-0.25, -0.2) is 0 Å². The van der Waals surface area contributed by atoms with E-state index in [1.807, 2.05) is 30.3 Å². The van der Waals surface area contributed by atoms with Crippen LogP contribution in [0.25, 0.3) is 0 Å². The molecular formula is C21H29ClN3OS+. The number of nitrogens with zero attached hydrogens (tertiary/aromatic N) is 1. The van der Waals surface area contributed by atoms with E-state index in [-0.39, 0.29) is 0 Å². The van der Waals surface area contributed by atoms with Gasteiger partial charge in [-0.3, -0.25) is 0 Å². The molecule has 2 aromatic rings. The Morgan fingerprint density at radius 2 is 2.07 bits per heavy atom. The van der Waals surface area contributed by atoms with E-state index < -0.39 is 0 Å². The van der Waals surface area contributed by atoms with Crippen LogP contribution in [-0.4, -0.2) is 35.2 Å².